The molecular formula is C20H19N4+. The summed E-state index contributed by atoms with van der Waals surface area (Å²) < 4.78 is 27.8. The third kappa shape index (κ3) is 2.11. The third-order valence-electron chi connectivity index (χ3n) is 4.30. The van der Waals surface area contributed by atoms with Gasteiger partial charge in [-0.1, -0.05) is 30.3 Å². The van der Waals surface area contributed by atoms with E-state index in [1.807, 2.05) is 67.1 Å². The van der Waals surface area contributed by atoms with Crippen molar-refractivity contribution in [2.45, 2.75) is 13.8 Å². The minimum atomic E-state index is -2.32. The number of rotatable bonds is 2. The predicted molar refractivity (Wildman–Crippen MR) is 95.0 cm³/mol. The molecule has 0 aliphatic heterocycles. The number of imidazole rings is 1. The van der Waals surface area contributed by atoms with Gasteiger partial charge >= 0.3 is 0 Å². The van der Waals surface area contributed by atoms with Crippen LogP contribution in [0.1, 0.15) is 15.2 Å². The molecule has 0 fully saturated rings. The van der Waals surface area contributed by atoms with Gasteiger partial charge in [0.2, 0.25) is 5.82 Å². The molecule has 4 rings (SSSR count). The van der Waals surface area contributed by atoms with Gasteiger partial charge in [0, 0.05) is 15.9 Å². The fourth-order valence-electron chi connectivity index (χ4n) is 3.16. The van der Waals surface area contributed by atoms with Crippen molar-refractivity contribution < 1.29 is 8.68 Å². The average Bonchev–Trinajstić information content (AvgIpc) is 2.94. The van der Waals surface area contributed by atoms with E-state index in [0.717, 1.165) is 28.0 Å². The van der Waals surface area contributed by atoms with E-state index in [2.05, 4.69) is 14.5 Å². The first-order chi connectivity index (χ1) is 12.9. The molecule has 4 nitrogen and oxygen atoms in total. The number of para-hydroxylation sites is 2. The van der Waals surface area contributed by atoms with Gasteiger partial charge in [-0.2, -0.15) is 9.55 Å². The summed E-state index contributed by atoms with van der Waals surface area (Å²) in [6, 6.07) is 16.0. The first kappa shape index (κ1) is 11.5. The van der Waals surface area contributed by atoms with E-state index in [9.17, 15) is 0 Å². The molecule has 4 aromatic rings. The van der Waals surface area contributed by atoms with Crippen LogP contribution in [0.3, 0.4) is 0 Å². The van der Waals surface area contributed by atoms with Gasteiger partial charge in [-0.15, -0.1) is 0 Å². The molecule has 4 heteroatoms. The lowest BCUT2D eigenvalue weighted by Gasteiger charge is -2.06. The molecule has 0 atom stereocenters. The standard InChI is InChI=1S/C20H19N4/c1-14-8-4-5-9-16(14)20-23(3)17-10-6-7-11-18(17)24(20)19-15(2)12-21-13-22-19/h4-13H,1-3H3/q+1/i2D3. The van der Waals surface area contributed by atoms with Gasteiger partial charge in [-0.05, 0) is 37.5 Å². The van der Waals surface area contributed by atoms with Crippen LogP contribution >= 0.6 is 0 Å². The van der Waals surface area contributed by atoms with E-state index in [-0.39, 0.29) is 5.56 Å². The zero-order chi connectivity index (χ0) is 19.2. The zero-order valence-corrected chi connectivity index (χ0v) is 13.6. The highest BCUT2D eigenvalue weighted by Gasteiger charge is 2.28. The lowest BCUT2D eigenvalue weighted by molar-refractivity contribution is -0.633. The first-order valence-corrected chi connectivity index (χ1v) is 7.76. The maximum Gasteiger partial charge on any atom is 0.296 e. The lowest BCUT2D eigenvalue weighted by atomic mass is 10.1. The van der Waals surface area contributed by atoms with Crippen molar-refractivity contribution in [2.24, 2.45) is 7.05 Å². The summed E-state index contributed by atoms with van der Waals surface area (Å²) in [6.45, 7) is -0.272. The number of aryl methyl sites for hydroxylation is 3. The van der Waals surface area contributed by atoms with Crippen LogP contribution in [-0.4, -0.2) is 14.5 Å². The van der Waals surface area contributed by atoms with Crippen LogP contribution in [0.5, 0.6) is 0 Å². The minimum absolute atomic E-state index is 0.126. The normalized spacial score (nSPS) is 13.5. The van der Waals surface area contributed by atoms with Crippen LogP contribution < -0.4 is 4.57 Å². The second-order valence-electron chi connectivity index (χ2n) is 5.78. The Morgan fingerprint density at radius 1 is 1.04 bits per heavy atom. The van der Waals surface area contributed by atoms with Gasteiger partial charge in [0.15, 0.2) is 11.0 Å². The maximum atomic E-state index is 7.93. The van der Waals surface area contributed by atoms with Gasteiger partial charge in [-0.3, -0.25) is 0 Å². The summed E-state index contributed by atoms with van der Waals surface area (Å²) in [6.07, 6.45) is 2.77. The Morgan fingerprint density at radius 2 is 1.83 bits per heavy atom. The molecule has 0 unspecified atom stereocenters. The van der Waals surface area contributed by atoms with E-state index < -0.39 is 6.85 Å². The van der Waals surface area contributed by atoms with Crippen molar-refractivity contribution in [3.63, 3.8) is 0 Å². The molecule has 0 aliphatic carbocycles. The molecule has 0 aliphatic rings. The largest absolute Gasteiger partial charge is 0.296 e. The topological polar surface area (TPSA) is 34.6 Å². The SMILES string of the molecule is [2H]C([2H])([2H])c1cncnc1-n1c(-c2ccccc2C)[n+](C)c2ccccc21. The molecule has 0 saturated carbocycles. The number of fused-ring (bicyclic) bond motifs is 1. The second-order valence-corrected chi connectivity index (χ2v) is 5.78. The summed E-state index contributed by atoms with van der Waals surface area (Å²) in [5.74, 6) is 1.25. The van der Waals surface area contributed by atoms with E-state index in [1.165, 1.54) is 12.5 Å². The molecule has 0 amide bonds. The van der Waals surface area contributed by atoms with Gasteiger partial charge in [-0.25, -0.2) is 9.55 Å². The van der Waals surface area contributed by atoms with Gasteiger partial charge in [0.25, 0.3) is 5.82 Å². The van der Waals surface area contributed by atoms with Crippen molar-refractivity contribution >= 4 is 11.0 Å². The molecule has 2 aromatic carbocycles. The maximum absolute atomic E-state index is 7.93. The number of nitrogens with zero attached hydrogens (tertiary/aromatic N) is 4. The minimum Gasteiger partial charge on any atom is -0.244 e. The summed E-state index contributed by atoms with van der Waals surface area (Å²) in [4.78, 5) is 8.33. The van der Waals surface area contributed by atoms with Gasteiger partial charge < -0.3 is 0 Å². The molecule has 0 N–H and O–H groups in total. The Hall–Kier alpha value is -3.01. The molecule has 0 saturated heterocycles. The van der Waals surface area contributed by atoms with Gasteiger partial charge in [0.05, 0.1) is 12.6 Å². The summed E-state index contributed by atoms with van der Waals surface area (Å²) in [7, 11) is 1.98. The van der Waals surface area contributed by atoms with Crippen LogP contribution in [0.2, 0.25) is 0 Å². The number of aromatic nitrogens is 4. The van der Waals surface area contributed by atoms with Crippen LogP contribution in [0.15, 0.2) is 61.1 Å². The summed E-state index contributed by atoms with van der Waals surface area (Å²) >= 11 is 0. The Balaban J connectivity index is 2.17. The highest BCUT2D eigenvalue weighted by atomic mass is 15.2. The van der Waals surface area contributed by atoms with E-state index >= 15 is 0 Å². The van der Waals surface area contributed by atoms with Crippen LogP contribution in [0, 0.1) is 13.8 Å². The third-order valence-corrected chi connectivity index (χ3v) is 4.30. The molecule has 0 spiro atoms. The first-order valence-electron chi connectivity index (χ1n) is 9.26. The van der Waals surface area contributed by atoms with E-state index in [4.69, 9.17) is 4.11 Å². The van der Waals surface area contributed by atoms with Crippen molar-refractivity contribution in [3.05, 3.63) is 72.2 Å². The van der Waals surface area contributed by atoms with Crippen molar-refractivity contribution in [2.75, 3.05) is 0 Å². The Morgan fingerprint density at radius 3 is 2.67 bits per heavy atom. The van der Waals surface area contributed by atoms with E-state index in [0.29, 0.717) is 5.82 Å². The second kappa shape index (κ2) is 5.57. The van der Waals surface area contributed by atoms with Crippen LogP contribution in [0.25, 0.3) is 28.2 Å². The summed E-state index contributed by atoms with van der Waals surface area (Å²) in [5, 5.41) is 0. The van der Waals surface area contributed by atoms with Crippen LogP contribution in [-0.2, 0) is 7.05 Å². The Labute approximate surface area is 145 Å². The predicted octanol–water partition coefficient (Wildman–Crippen LogP) is 3.53. The molecule has 118 valence electrons. The fourth-order valence-corrected chi connectivity index (χ4v) is 3.16. The molecule has 2 aromatic heterocycles. The highest BCUT2D eigenvalue weighted by molar-refractivity contribution is 5.79. The smallest absolute Gasteiger partial charge is 0.244 e. The molecule has 2 heterocycles. The Kier molecular flexibility index (Phi) is 2.67. The van der Waals surface area contributed by atoms with Crippen molar-refractivity contribution in [1.29, 1.82) is 0 Å². The molecule has 24 heavy (non-hydrogen) atoms. The summed E-state index contributed by atoms with van der Waals surface area (Å²) in [5.41, 5.74) is 4.13. The average molecular weight is 318 g/mol. The van der Waals surface area contributed by atoms with Gasteiger partial charge in [0.1, 0.15) is 6.33 Å². The van der Waals surface area contributed by atoms with Crippen molar-refractivity contribution in [3.8, 4) is 17.2 Å². The Bertz CT molecular complexity index is 1150. The molecule has 0 bridgehead atoms. The number of benzene rings is 2. The lowest BCUT2D eigenvalue weighted by Crippen LogP contribution is -2.30. The van der Waals surface area contributed by atoms with Crippen molar-refractivity contribution in [1.82, 2.24) is 14.5 Å². The highest BCUT2D eigenvalue weighted by Crippen LogP contribution is 2.28. The fraction of sp³-hybridized carbons (Fsp3) is 0.150. The number of hydrogen-bond acceptors (Lipinski definition) is 2. The van der Waals surface area contributed by atoms with E-state index in [1.54, 1.807) is 0 Å². The number of hydrogen-bond donors (Lipinski definition) is 0. The monoisotopic (exact) mass is 318 g/mol. The molecular weight excluding hydrogens is 296 g/mol. The zero-order valence-electron chi connectivity index (χ0n) is 16.6. The van der Waals surface area contributed by atoms with Crippen LogP contribution in [0.4, 0.5) is 0 Å². The quantitative estimate of drug-likeness (QED) is 0.530. The molecule has 0 radical (unpaired) electrons.